The van der Waals surface area contributed by atoms with Crippen LogP contribution in [-0.4, -0.2) is 21.2 Å². The predicted octanol–water partition coefficient (Wildman–Crippen LogP) is 3.24. The monoisotopic (exact) mass is 374 g/mol. The fourth-order valence-electron chi connectivity index (χ4n) is 3.27. The molecule has 3 N–H and O–H groups in total. The van der Waals surface area contributed by atoms with Gasteiger partial charge in [0, 0.05) is 22.1 Å². The van der Waals surface area contributed by atoms with E-state index < -0.39 is 5.91 Å². The van der Waals surface area contributed by atoms with Gasteiger partial charge in [-0.1, -0.05) is 6.92 Å². The van der Waals surface area contributed by atoms with E-state index in [1.165, 1.54) is 22.7 Å². The number of nitrogens with one attached hydrogen (secondary N) is 1. The van der Waals surface area contributed by atoms with E-state index in [1.54, 1.807) is 6.20 Å². The second-order valence-electron chi connectivity index (χ2n) is 6.53. The first kappa shape index (κ1) is 16.3. The molecule has 4 rings (SSSR count). The average molecular weight is 374 g/mol. The van der Waals surface area contributed by atoms with Gasteiger partial charge in [-0.15, -0.1) is 22.7 Å². The van der Waals surface area contributed by atoms with Crippen molar-refractivity contribution in [2.24, 2.45) is 11.7 Å². The second kappa shape index (κ2) is 5.96. The fraction of sp³-hybridized carbons (Fsp3) is 0.353. The highest BCUT2D eigenvalue weighted by Crippen LogP contribution is 2.39. The maximum atomic E-state index is 12.6. The van der Waals surface area contributed by atoms with Crippen molar-refractivity contribution in [3.8, 4) is 0 Å². The highest BCUT2D eigenvalue weighted by atomic mass is 32.1. The van der Waals surface area contributed by atoms with Crippen LogP contribution in [0.15, 0.2) is 11.6 Å². The van der Waals surface area contributed by atoms with Crippen molar-refractivity contribution in [1.29, 1.82) is 0 Å². The Morgan fingerprint density at radius 3 is 2.96 bits per heavy atom. The molecule has 0 fully saturated rings. The molecule has 0 saturated heterocycles. The molecule has 1 unspecified atom stereocenters. The lowest BCUT2D eigenvalue weighted by molar-refractivity contribution is 0.1000. The average Bonchev–Trinajstić information content (AvgIpc) is 3.20. The number of thiazole rings is 1. The number of amides is 2. The largest absolute Gasteiger partial charge is 0.365 e. The summed E-state index contributed by atoms with van der Waals surface area (Å²) in [4.78, 5) is 30.9. The van der Waals surface area contributed by atoms with Gasteiger partial charge in [0.15, 0.2) is 4.96 Å². The summed E-state index contributed by atoms with van der Waals surface area (Å²) in [5, 5.41) is 5.39. The summed E-state index contributed by atoms with van der Waals surface area (Å²) in [5.74, 6) is -0.216. The molecule has 0 saturated carbocycles. The summed E-state index contributed by atoms with van der Waals surface area (Å²) in [7, 11) is 0. The third-order valence-electron chi connectivity index (χ3n) is 4.61. The first-order valence-corrected chi connectivity index (χ1v) is 9.82. The Bertz CT molecular complexity index is 998. The molecule has 3 aromatic rings. The minimum atomic E-state index is -0.482. The van der Waals surface area contributed by atoms with Gasteiger partial charge in [-0.3, -0.25) is 14.0 Å². The van der Waals surface area contributed by atoms with Crippen LogP contribution >= 0.6 is 22.7 Å². The van der Waals surface area contributed by atoms with Crippen LogP contribution in [-0.2, 0) is 12.8 Å². The van der Waals surface area contributed by atoms with Crippen molar-refractivity contribution in [1.82, 2.24) is 9.38 Å². The number of imidazole rings is 1. The van der Waals surface area contributed by atoms with E-state index in [0.29, 0.717) is 22.2 Å². The minimum Gasteiger partial charge on any atom is -0.365 e. The number of hydrogen-bond acceptors (Lipinski definition) is 5. The zero-order valence-electron chi connectivity index (χ0n) is 14.0. The number of hydrogen-bond donors (Lipinski definition) is 2. The summed E-state index contributed by atoms with van der Waals surface area (Å²) in [6.45, 7) is 4.16. The number of nitrogens with two attached hydrogens (primary N) is 1. The first-order chi connectivity index (χ1) is 11.9. The van der Waals surface area contributed by atoms with Crippen LogP contribution in [0.1, 0.15) is 50.3 Å². The van der Waals surface area contributed by atoms with E-state index in [2.05, 4.69) is 17.2 Å². The second-order valence-corrected chi connectivity index (χ2v) is 8.47. The first-order valence-electron chi connectivity index (χ1n) is 8.13. The van der Waals surface area contributed by atoms with Crippen LogP contribution in [0.25, 0.3) is 4.96 Å². The number of rotatable bonds is 3. The van der Waals surface area contributed by atoms with Crippen molar-refractivity contribution in [3.05, 3.63) is 39.0 Å². The van der Waals surface area contributed by atoms with Crippen LogP contribution in [0.3, 0.4) is 0 Å². The summed E-state index contributed by atoms with van der Waals surface area (Å²) in [6.07, 6.45) is 4.51. The molecule has 1 aliphatic rings. The van der Waals surface area contributed by atoms with Crippen molar-refractivity contribution < 1.29 is 9.59 Å². The van der Waals surface area contributed by atoms with Crippen molar-refractivity contribution in [2.75, 3.05) is 5.32 Å². The Hall–Kier alpha value is -2.19. The predicted molar refractivity (Wildman–Crippen MR) is 99.8 cm³/mol. The summed E-state index contributed by atoms with van der Waals surface area (Å²) in [6, 6.07) is 0. The fourth-order valence-corrected chi connectivity index (χ4v) is 5.53. The Balaban J connectivity index is 1.67. The van der Waals surface area contributed by atoms with E-state index in [4.69, 9.17) is 5.73 Å². The zero-order valence-corrected chi connectivity index (χ0v) is 15.6. The van der Waals surface area contributed by atoms with Crippen LogP contribution < -0.4 is 11.1 Å². The molecule has 0 spiro atoms. The minimum absolute atomic E-state index is 0.315. The lowest BCUT2D eigenvalue weighted by Gasteiger charge is -2.18. The smallest absolute Gasteiger partial charge is 0.276 e. The number of carbonyl (C=O) groups is 2. The van der Waals surface area contributed by atoms with Crippen molar-refractivity contribution in [3.63, 3.8) is 0 Å². The third kappa shape index (κ3) is 2.75. The highest BCUT2D eigenvalue weighted by molar-refractivity contribution is 7.17. The summed E-state index contributed by atoms with van der Waals surface area (Å²) < 4.78 is 1.88. The van der Waals surface area contributed by atoms with E-state index in [0.717, 1.165) is 40.4 Å². The standard InChI is InChI=1S/C17H18N4O2S2/c1-8-3-4-10-12(5-8)25-16(13(10)14(18)22)20-15(23)11-6-21-9(2)7-24-17(21)19-11/h6-8H,3-5H2,1-2H3,(H2,18,22)(H,20,23). The number of nitrogens with zero attached hydrogens (tertiary/aromatic N) is 2. The molecule has 25 heavy (non-hydrogen) atoms. The van der Waals surface area contributed by atoms with Gasteiger partial charge in [0.1, 0.15) is 10.7 Å². The molecule has 8 heteroatoms. The Morgan fingerprint density at radius 1 is 1.44 bits per heavy atom. The van der Waals surface area contributed by atoms with Gasteiger partial charge in [-0.2, -0.15) is 0 Å². The quantitative estimate of drug-likeness (QED) is 0.737. The van der Waals surface area contributed by atoms with Crippen LogP contribution in [0.2, 0.25) is 0 Å². The molecule has 0 aliphatic heterocycles. The van der Waals surface area contributed by atoms with E-state index in [9.17, 15) is 9.59 Å². The zero-order chi connectivity index (χ0) is 17.7. The normalized spacial score (nSPS) is 16.8. The van der Waals surface area contributed by atoms with Gasteiger partial charge in [-0.25, -0.2) is 4.98 Å². The van der Waals surface area contributed by atoms with Crippen molar-refractivity contribution >= 4 is 44.4 Å². The van der Waals surface area contributed by atoms with Crippen LogP contribution in [0.4, 0.5) is 5.00 Å². The van der Waals surface area contributed by atoms with Gasteiger partial charge in [0.2, 0.25) is 0 Å². The van der Waals surface area contributed by atoms with E-state index >= 15 is 0 Å². The molecule has 3 aromatic heterocycles. The van der Waals surface area contributed by atoms with E-state index in [1.807, 2.05) is 16.7 Å². The SMILES string of the molecule is Cc1csc2nc(C(=O)Nc3sc4c(c3C(N)=O)CCC(C)C4)cn12. The number of primary amides is 1. The molecule has 3 heterocycles. The Labute approximate surface area is 152 Å². The molecular formula is C17H18N4O2S2. The topological polar surface area (TPSA) is 89.5 Å². The van der Waals surface area contributed by atoms with Crippen LogP contribution in [0.5, 0.6) is 0 Å². The Kier molecular flexibility index (Phi) is 3.88. The highest BCUT2D eigenvalue weighted by Gasteiger charge is 2.27. The van der Waals surface area contributed by atoms with E-state index in [-0.39, 0.29) is 5.91 Å². The van der Waals surface area contributed by atoms with Gasteiger partial charge >= 0.3 is 0 Å². The van der Waals surface area contributed by atoms with Gasteiger partial charge in [-0.05, 0) is 37.7 Å². The molecule has 0 bridgehead atoms. The number of carbonyl (C=O) groups excluding carboxylic acids is 2. The van der Waals surface area contributed by atoms with Gasteiger partial charge in [0.25, 0.3) is 11.8 Å². The molecule has 6 nitrogen and oxygen atoms in total. The molecule has 1 aliphatic carbocycles. The molecule has 1 atom stereocenters. The number of anilines is 1. The molecular weight excluding hydrogens is 356 g/mol. The summed E-state index contributed by atoms with van der Waals surface area (Å²) >= 11 is 2.95. The molecule has 0 aromatic carbocycles. The molecule has 130 valence electrons. The molecule has 0 radical (unpaired) electrons. The summed E-state index contributed by atoms with van der Waals surface area (Å²) in [5.41, 5.74) is 8.44. The molecule has 2 amide bonds. The van der Waals surface area contributed by atoms with Crippen molar-refractivity contribution in [2.45, 2.75) is 33.1 Å². The number of aromatic nitrogens is 2. The maximum absolute atomic E-state index is 12.6. The number of fused-ring (bicyclic) bond motifs is 2. The van der Waals surface area contributed by atoms with Gasteiger partial charge in [0.05, 0.1) is 5.56 Å². The van der Waals surface area contributed by atoms with Gasteiger partial charge < -0.3 is 11.1 Å². The number of thiophene rings is 1. The Morgan fingerprint density at radius 2 is 2.24 bits per heavy atom. The van der Waals surface area contributed by atoms with Crippen LogP contribution in [0, 0.1) is 12.8 Å². The maximum Gasteiger partial charge on any atom is 0.276 e. The third-order valence-corrected chi connectivity index (χ3v) is 6.73. The lowest BCUT2D eigenvalue weighted by Crippen LogP contribution is -2.19. The lowest BCUT2D eigenvalue weighted by atomic mass is 9.88. The number of aryl methyl sites for hydroxylation is 1.